The summed E-state index contributed by atoms with van der Waals surface area (Å²) in [5, 5.41) is 0. The third-order valence-electron chi connectivity index (χ3n) is 2.42. The molecular weight excluding hydrogens is 139 g/mol. The van der Waals surface area contributed by atoms with Crippen molar-refractivity contribution in [1.29, 1.82) is 0 Å². The molecule has 0 amide bonds. The van der Waals surface area contributed by atoms with Crippen LogP contribution in [-0.4, -0.2) is 6.67 Å². The van der Waals surface area contributed by atoms with Gasteiger partial charge in [0.25, 0.3) is 0 Å². The highest BCUT2D eigenvalue weighted by atomic mass is 19.1. The lowest BCUT2D eigenvalue weighted by molar-refractivity contribution is 0.231. The first kappa shape index (κ1) is 10.9. The van der Waals surface area contributed by atoms with Gasteiger partial charge in [0.05, 0.1) is 6.67 Å². The van der Waals surface area contributed by atoms with E-state index in [4.69, 9.17) is 0 Å². The molecule has 11 heavy (non-hydrogen) atoms. The van der Waals surface area contributed by atoms with Gasteiger partial charge in [-0.3, -0.25) is 4.39 Å². The van der Waals surface area contributed by atoms with E-state index in [1.807, 2.05) is 0 Å². The van der Waals surface area contributed by atoms with Crippen LogP contribution in [0.1, 0.15) is 40.5 Å². The van der Waals surface area contributed by atoms with Crippen molar-refractivity contribution in [3.8, 4) is 0 Å². The van der Waals surface area contributed by atoms with Crippen molar-refractivity contribution >= 4 is 0 Å². The van der Waals surface area contributed by atoms with Crippen LogP contribution in [0.4, 0.5) is 4.39 Å². The molecular formula is C10H21F. The van der Waals surface area contributed by atoms with E-state index in [1.165, 1.54) is 0 Å². The first-order chi connectivity index (χ1) is 5.11. The maximum atomic E-state index is 12.5. The summed E-state index contributed by atoms with van der Waals surface area (Å²) in [6.07, 6.45) is 2.13. The lowest BCUT2D eigenvalue weighted by Gasteiger charge is -2.21. The molecule has 0 aromatic rings. The molecule has 2 atom stereocenters. The van der Waals surface area contributed by atoms with E-state index in [-0.39, 0.29) is 6.67 Å². The summed E-state index contributed by atoms with van der Waals surface area (Å²) in [5.41, 5.74) is 0. The summed E-state index contributed by atoms with van der Waals surface area (Å²) in [6, 6.07) is 0. The van der Waals surface area contributed by atoms with Gasteiger partial charge >= 0.3 is 0 Å². The maximum absolute atomic E-state index is 12.5. The van der Waals surface area contributed by atoms with E-state index in [0.717, 1.165) is 12.8 Å². The van der Waals surface area contributed by atoms with Crippen molar-refractivity contribution in [1.82, 2.24) is 0 Å². The predicted molar refractivity (Wildman–Crippen MR) is 48.4 cm³/mol. The topological polar surface area (TPSA) is 0 Å². The third-order valence-corrected chi connectivity index (χ3v) is 2.42. The minimum atomic E-state index is -0.146. The van der Waals surface area contributed by atoms with Crippen molar-refractivity contribution in [3.63, 3.8) is 0 Å². The second-order valence-electron chi connectivity index (χ2n) is 3.93. The highest BCUT2D eigenvalue weighted by Crippen LogP contribution is 2.23. The van der Waals surface area contributed by atoms with Crippen LogP contribution >= 0.6 is 0 Å². The third kappa shape index (κ3) is 4.39. The quantitative estimate of drug-likeness (QED) is 0.575. The van der Waals surface area contributed by atoms with Crippen LogP contribution in [0.3, 0.4) is 0 Å². The minimum Gasteiger partial charge on any atom is -0.251 e. The van der Waals surface area contributed by atoms with Crippen molar-refractivity contribution in [2.24, 2.45) is 17.8 Å². The van der Waals surface area contributed by atoms with Gasteiger partial charge in [-0.05, 0) is 24.2 Å². The first-order valence-corrected chi connectivity index (χ1v) is 4.67. The molecule has 0 saturated carbocycles. The Hall–Kier alpha value is -0.0700. The van der Waals surface area contributed by atoms with Crippen LogP contribution in [0.5, 0.6) is 0 Å². The summed E-state index contributed by atoms with van der Waals surface area (Å²) in [6.45, 7) is 8.45. The van der Waals surface area contributed by atoms with Gasteiger partial charge in [-0.1, -0.05) is 34.1 Å². The fourth-order valence-corrected chi connectivity index (χ4v) is 1.39. The summed E-state index contributed by atoms with van der Waals surface area (Å²) in [4.78, 5) is 0. The van der Waals surface area contributed by atoms with Crippen LogP contribution in [-0.2, 0) is 0 Å². The molecule has 0 aromatic carbocycles. The highest BCUT2D eigenvalue weighted by molar-refractivity contribution is 4.65. The van der Waals surface area contributed by atoms with Gasteiger partial charge in [0.1, 0.15) is 0 Å². The van der Waals surface area contributed by atoms with Crippen LogP contribution in [0.2, 0.25) is 0 Å². The van der Waals surface area contributed by atoms with Gasteiger partial charge in [0.15, 0.2) is 0 Å². The largest absolute Gasteiger partial charge is 0.251 e. The van der Waals surface area contributed by atoms with E-state index in [2.05, 4.69) is 27.7 Å². The zero-order valence-electron chi connectivity index (χ0n) is 8.23. The molecule has 1 heteroatoms. The molecule has 0 aliphatic heterocycles. The zero-order valence-corrected chi connectivity index (χ0v) is 8.23. The standard InChI is InChI=1S/C10H21F/c1-5-9(4)10(7-11)6-8(2)3/h8-10H,5-7H2,1-4H3. The van der Waals surface area contributed by atoms with Gasteiger partial charge in [-0.25, -0.2) is 0 Å². The Bertz CT molecular complexity index is 88.9. The SMILES string of the molecule is CCC(C)C(CF)CC(C)C. The molecule has 0 aromatic heterocycles. The summed E-state index contributed by atoms with van der Waals surface area (Å²) in [5.74, 6) is 1.46. The number of alkyl halides is 1. The Kier molecular flexibility index (Phi) is 5.53. The Labute approximate surface area is 70.2 Å². The smallest absolute Gasteiger partial charge is 0.0925 e. The molecule has 0 radical (unpaired) electrons. The van der Waals surface area contributed by atoms with E-state index in [1.54, 1.807) is 0 Å². The fourth-order valence-electron chi connectivity index (χ4n) is 1.39. The second kappa shape index (κ2) is 5.56. The molecule has 0 fully saturated rings. The minimum absolute atomic E-state index is 0.146. The lowest BCUT2D eigenvalue weighted by Crippen LogP contribution is -2.15. The van der Waals surface area contributed by atoms with Crippen LogP contribution in [0, 0.1) is 17.8 Å². The highest BCUT2D eigenvalue weighted by Gasteiger charge is 2.16. The molecule has 0 bridgehead atoms. The molecule has 0 heterocycles. The van der Waals surface area contributed by atoms with Crippen LogP contribution in [0.25, 0.3) is 0 Å². The molecule has 0 nitrogen and oxygen atoms in total. The average molecular weight is 160 g/mol. The maximum Gasteiger partial charge on any atom is 0.0925 e. The molecule has 0 spiro atoms. The average Bonchev–Trinajstić information content (AvgIpc) is 1.98. The van der Waals surface area contributed by atoms with Gasteiger partial charge in [-0.15, -0.1) is 0 Å². The van der Waals surface area contributed by atoms with Crippen molar-refractivity contribution < 1.29 is 4.39 Å². The van der Waals surface area contributed by atoms with Gasteiger partial charge < -0.3 is 0 Å². The molecule has 0 saturated heterocycles. The summed E-state index contributed by atoms with van der Waals surface area (Å²) >= 11 is 0. The van der Waals surface area contributed by atoms with Crippen molar-refractivity contribution in [2.75, 3.05) is 6.67 Å². The number of rotatable bonds is 5. The normalized spacial score (nSPS) is 16.9. The number of hydrogen-bond acceptors (Lipinski definition) is 0. The van der Waals surface area contributed by atoms with Gasteiger partial charge in [0.2, 0.25) is 0 Å². The van der Waals surface area contributed by atoms with Gasteiger partial charge in [-0.2, -0.15) is 0 Å². The van der Waals surface area contributed by atoms with E-state index in [9.17, 15) is 4.39 Å². The Balaban J connectivity index is 3.74. The van der Waals surface area contributed by atoms with Crippen LogP contribution in [0.15, 0.2) is 0 Å². The monoisotopic (exact) mass is 160 g/mol. The molecule has 0 aliphatic rings. The van der Waals surface area contributed by atoms with E-state index < -0.39 is 0 Å². The molecule has 0 rings (SSSR count). The summed E-state index contributed by atoms with van der Waals surface area (Å²) < 4.78 is 12.5. The van der Waals surface area contributed by atoms with Crippen molar-refractivity contribution in [2.45, 2.75) is 40.5 Å². The fraction of sp³-hybridized carbons (Fsp3) is 1.00. The predicted octanol–water partition coefficient (Wildman–Crippen LogP) is 3.66. The molecule has 2 unspecified atom stereocenters. The summed E-state index contributed by atoms with van der Waals surface area (Å²) in [7, 11) is 0. The zero-order chi connectivity index (χ0) is 8.85. The number of hydrogen-bond donors (Lipinski definition) is 0. The lowest BCUT2D eigenvalue weighted by atomic mass is 9.86. The van der Waals surface area contributed by atoms with E-state index >= 15 is 0 Å². The second-order valence-corrected chi connectivity index (χ2v) is 3.93. The Morgan fingerprint density at radius 2 is 1.73 bits per heavy atom. The van der Waals surface area contributed by atoms with Gasteiger partial charge in [0, 0.05) is 0 Å². The van der Waals surface area contributed by atoms with E-state index in [0.29, 0.717) is 17.8 Å². The Morgan fingerprint density at radius 3 is 2.00 bits per heavy atom. The Morgan fingerprint density at radius 1 is 1.18 bits per heavy atom. The van der Waals surface area contributed by atoms with Crippen LogP contribution < -0.4 is 0 Å². The molecule has 0 N–H and O–H groups in total. The first-order valence-electron chi connectivity index (χ1n) is 4.67. The molecule has 0 aliphatic carbocycles. The molecule has 68 valence electrons. The van der Waals surface area contributed by atoms with Crippen molar-refractivity contribution in [3.05, 3.63) is 0 Å². The number of halogens is 1.